The molecule has 0 aliphatic rings. The summed E-state index contributed by atoms with van der Waals surface area (Å²) >= 11 is 5.90. The summed E-state index contributed by atoms with van der Waals surface area (Å²) in [6, 6.07) is 5.15. The summed E-state index contributed by atoms with van der Waals surface area (Å²) in [4.78, 5) is 23.3. The van der Waals surface area contributed by atoms with Crippen LogP contribution in [0.2, 0.25) is 5.02 Å². The topological polar surface area (TPSA) is 55.4 Å². The monoisotopic (exact) mass is 297 g/mol. The van der Waals surface area contributed by atoms with Crippen molar-refractivity contribution in [3.8, 4) is 0 Å². The van der Waals surface area contributed by atoms with Crippen molar-refractivity contribution in [2.24, 2.45) is 0 Å². The van der Waals surface area contributed by atoms with Crippen molar-refractivity contribution in [2.45, 2.75) is 45.8 Å². The zero-order chi connectivity index (χ0) is 15.6. The van der Waals surface area contributed by atoms with E-state index in [1.807, 2.05) is 6.92 Å². The highest BCUT2D eigenvalue weighted by Gasteiger charge is 2.31. The van der Waals surface area contributed by atoms with Gasteiger partial charge in [-0.05, 0) is 57.9 Å². The highest BCUT2D eigenvalue weighted by molar-refractivity contribution is 6.30. The highest BCUT2D eigenvalue weighted by atomic mass is 35.5. The minimum atomic E-state index is -1.16. The molecule has 1 atom stereocenters. The number of ether oxygens (including phenoxy) is 1. The third-order valence-corrected chi connectivity index (χ3v) is 2.98. The Morgan fingerprint density at radius 1 is 1.30 bits per heavy atom. The van der Waals surface area contributed by atoms with Gasteiger partial charge in [0.25, 0.3) is 0 Å². The minimum absolute atomic E-state index is 0.580. The van der Waals surface area contributed by atoms with E-state index in [0.717, 1.165) is 5.56 Å². The van der Waals surface area contributed by atoms with E-state index in [1.54, 1.807) is 45.9 Å². The molecule has 1 aromatic carbocycles. The Bertz CT molecular complexity index is 522. The molecule has 0 saturated carbocycles. The number of carbonyl (C=O) groups is 2. The van der Waals surface area contributed by atoms with E-state index in [9.17, 15) is 9.59 Å². The minimum Gasteiger partial charge on any atom is -0.444 e. The van der Waals surface area contributed by atoms with E-state index in [2.05, 4.69) is 5.32 Å². The zero-order valence-corrected chi connectivity index (χ0v) is 13.2. The van der Waals surface area contributed by atoms with Crippen LogP contribution in [-0.4, -0.2) is 18.0 Å². The maximum atomic E-state index is 11.9. The molecular formula is C15H20ClNO3. The first kappa shape index (κ1) is 16.5. The summed E-state index contributed by atoms with van der Waals surface area (Å²) in [6.07, 6.45) is 0.0501. The van der Waals surface area contributed by atoms with E-state index in [0.29, 0.717) is 16.9 Å². The Morgan fingerprint density at radius 2 is 1.90 bits per heavy atom. The fraction of sp³-hybridized carbons (Fsp3) is 0.467. The number of aldehydes is 1. The highest BCUT2D eigenvalue weighted by Crippen LogP contribution is 2.25. The number of carbonyl (C=O) groups excluding carboxylic acids is 2. The molecule has 0 radical (unpaired) electrons. The maximum Gasteiger partial charge on any atom is 0.408 e. The summed E-state index contributed by atoms with van der Waals surface area (Å²) in [5, 5.41) is 3.18. The van der Waals surface area contributed by atoms with Crippen molar-refractivity contribution < 1.29 is 14.3 Å². The summed E-state index contributed by atoms with van der Waals surface area (Å²) in [5.74, 6) is 0. The third-order valence-electron chi connectivity index (χ3n) is 2.74. The molecule has 0 spiro atoms. The van der Waals surface area contributed by atoms with Gasteiger partial charge in [0, 0.05) is 5.02 Å². The molecule has 5 heteroatoms. The summed E-state index contributed by atoms with van der Waals surface area (Å²) < 4.78 is 5.19. The molecule has 1 amide bonds. The molecule has 1 unspecified atom stereocenters. The van der Waals surface area contributed by atoms with Crippen LogP contribution in [0.25, 0.3) is 0 Å². The number of hydrogen-bond donors (Lipinski definition) is 1. The van der Waals surface area contributed by atoms with Crippen LogP contribution in [0.5, 0.6) is 0 Å². The van der Waals surface area contributed by atoms with Crippen LogP contribution in [-0.2, 0) is 15.1 Å². The molecule has 4 nitrogen and oxygen atoms in total. The summed E-state index contributed by atoms with van der Waals surface area (Å²) in [6.45, 7) is 8.75. The SMILES string of the molecule is Cc1cc(Cl)ccc1C(C)(C=O)NC(=O)OC(C)(C)C. The van der Waals surface area contributed by atoms with Crippen molar-refractivity contribution >= 4 is 24.0 Å². The summed E-state index contributed by atoms with van der Waals surface area (Å²) in [5.41, 5.74) is -0.272. The lowest BCUT2D eigenvalue weighted by atomic mass is 9.90. The second kappa shape index (κ2) is 5.83. The first-order valence-electron chi connectivity index (χ1n) is 6.31. The van der Waals surface area contributed by atoms with Gasteiger partial charge >= 0.3 is 6.09 Å². The number of aryl methyl sites for hydroxylation is 1. The van der Waals surface area contributed by atoms with Gasteiger partial charge < -0.3 is 14.8 Å². The molecule has 0 saturated heterocycles. The lowest BCUT2D eigenvalue weighted by Gasteiger charge is -2.29. The molecule has 1 rings (SSSR count). The van der Waals surface area contributed by atoms with E-state index in [4.69, 9.17) is 16.3 Å². The Labute approximate surface area is 124 Å². The molecule has 1 aromatic rings. The van der Waals surface area contributed by atoms with E-state index >= 15 is 0 Å². The fourth-order valence-corrected chi connectivity index (χ4v) is 2.11. The number of amides is 1. The number of hydrogen-bond acceptors (Lipinski definition) is 3. The van der Waals surface area contributed by atoms with Crippen LogP contribution in [0.3, 0.4) is 0 Å². The standard InChI is InChI=1S/C15H20ClNO3/c1-10-8-11(16)6-7-12(10)15(5,9-18)17-13(19)20-14(2,3)4/h6-9H,1-5H3,(H,17,19). The molecular weight excluding hydrogens is 278 g/mol. The molecule has 0 fully saturated rings. The van der Waals surface area contributed by atoms with Gasteiger partial charge in [-0.25, -0.2) is 4.79 Å². The molecule has 0 bridgehead atoms. The van der Waals surface area contributed by atoms with Crippen LogP contribution in [0, 0.1) is 6.92 Å². The quantitative estimate of drug-likeness (QED) is 0.868. The van der Waals surface area contributed by atoms with Gasteiger partial charge in [-0.2, -0.15) is 0 Å². The largest absolute Gasteiger partial charge is 0.444 e. The van der Waals surface area contributed by atoms with Crippen LogP contribution in [0.1, 0.15) is 38.8 Å². The lowest BCUT2D eigenvalue weighted by Crippen LogP contribution is -2.47. The zero-order valence-electron chi connectivity index (χ0n) is 12.4. The van der Waals surface area contributed by atoms with Crippen LogP contribution < -0.4 is 5.32 Å². The number of rotatable bonds is 3. The van der Waals surface area contributed by atoms with Crippen molar-refractivity contribution in [1.29, 1.82) is 0 Å². The van der Waals surface area contributed by atoms with Gasteiger partial charge in [0.2, 0.25) is 0 Å². The number of benzene rings is 1. The first-order chi connectivity index (χ1) is 9.07. The van der Waals surface area contributed by atoms with Crippen molar-refractivity contribution in [2.75, 3.05) is 0 Å². The Morgan fingerprint density at radius 3 is 2.35 bits per heavy atom. The molecule has 0 heterocycles. The van der Waals surface area contributed by atoms with E-state index in [-0.39, 0.29) is 0 Å². The smallest absolute Gasteiger partial charge is 0.408 e. The van der Waals surface area contributed by atoms with Gasteiger partial charge in [-0.3, -0.25) is 0 Å². The lowest BCUT2D eigenvalue weighted by molar-refractivity contribution is -0.113. The molecule has 0 aliphatic heterocycles. The van der Waals surface area contributed by atoms with E-state index in [1.165, 1.54) is 0 Å². The fourth-order valence-electron chi connectivity index (χ4n) is 1.89. The van der Waals surface area contributed by atoms with Crippen LogP contribution in [0.4, 0.5) is 4.79 Å². The number of nitrogens with one attached hydrogen (secondary N) is 1. The van der Waals surface area contributed by atoms with Crippen LogP contribution in [0.15, 0.2) is 18.2 Å². The normalized spacial score (nSPS) is 14.3. The molecule has 0 aliphatic carbocycles. The number of alkyl carbamates (subject to hydrolysis) is 1. The first-order valence-corrected chi connectivity index (χ1v) is 6.69. The van der Waals surface area contributed by atoms with Gasteiger partial charge in [-0.15, -0.1) is 0 Å². The summed E-state index contributed by atoms with van der Waals surface area (Å²) in [7, 11) is 0. The number of halogens is 1. The molecule has 0 aromatic heterocycles. The van der Waals surface area contributed by atoms with E-state index < -0.39 is 17.2 Å². The molecule has 1 N–H and O–H groups in total. The third kappa shape index (κ3) is 4.23. The molecule has 20 heavy (non-hydrogen) atoms. The van der Waals surface area contributed by atoms with Crippen molar-refractivity contribution in [1.82, 2.24) is 5.32 Å². The van der Waals surface area contributed by atoms with Crippen molar-refractivity contribution in [3.63, 3.8) is 0 Å². The predicted molar refractivity (Wildman–Crippen MR) is 79.0 cm³/mol. The Balaban J connectivity index is 3.03. The predicted octanol–water partition coefficient (Wildman–Crippen LogP) is 3.59. The maximum absolute atomic E-state index is 11.9. The second-order valence-electron chi connectivity index (χ2n) is 5.91. The van der Waals surface area contributed by atoms with Gasteiger partial charge in [0.1, 0.15) is 17.4 Å². The van der Waals surface area contributed by atoms with Crippen LogP contribution >= 0.6 is 11.6 Å². The van der Waals surface area contributed by atoms with Gasteiger partial charge in [0.15, 0.2) is 0 Å². The van der Waals surface area contributed by atoms with Gasteiger partial charge in [-0.1, -0.05) is 17.7 Å². The molecule has 110 valence electrons. The second-order valence-corrected chi connectivity index (χ2v) is 6.34. The Hall–Kier alpha value is -1.55. The van der Waals surface area contributed by atoms with Gasteiger partial charge in [0.05, 0.1) is 0 Å². The average Bonchev–Trinajstić information content (AvgIpc) is 2.25. The average molecular weight is 298 g/mol. The van der Waals surface area contributed by atoms with Crippen molar-refractivity contribution in [3.05, 3.63) is 34.3 Å². The Kier molecular flexibility index (Phi) is 4.81.